The first kappa shape index (κ1) is 19.0. The highest BCUT2D eigenvalue weighted by Crippen LogP contribution is 2.32. The molecule has 6 heteroatoms. The summed E-state index contributed by atoms with van der Waals surface area (Å²) in [5.74, 6) is 0.752. The second-order valence-electron chi connectivity index (χ2n) is 6.63. The van der Waals surface area contributed by atoms with Crippen LogP contribution in [-0.2, 0) is 6.54 Å². The number of nitriles is 1. The lowest BCUT2D eigenvalue weighted by Crippen LogP contribution is -2.31. The number of thiophene rings is 1. The predicted molar refractivity (Wildman–Crippen MR) is 108 cm³/mol. The molecule has 5 nitrogen and oxygen atoms in total. The standard InChI is InChI=1S/C21H22N4OS/c1-5-10-25(12-17-8-6-16(11-22)7-9-17)21(26)19-13(2)18-14(3)23-15(4)24-20(18)27-19/h6-9H,5,10,12H2,1-4H3. The quantitative estimate of drug-likeness (QED) is 0.653. The van der Waals surface area contributed by atoms with Crippen molar-refractivity contribution >= 4 is 27.5 Å². The van der Waals surface area contributed by atoms with Crippen molar-refractivity contribution in [2.45, 2.75) is 40.7 Å². The first-order chi connectivity index (χ1) is 12.9. The Morgan fingerprint density at radius 2 is 1.89 bits per heavy atom. The molecule has 0 aliphatic carbocycles. The van der Waals surface area contributed by atoms with E-state index < -0.39 is 0 Å². The molecule has 0 N–H and O–H groups in total. The number of carbonyl (C=O) groups excluding carboxylic acids is 1. The smallest absolute Gasteiger partial charge is 0.264 e. The molecule has 0 fully saturated rings. The predicted octanol–water partition coefficient (Wildman–Crippen LogP) is 4.54. The molecule has 0 spiro atoms. The van der Waals surface area contributed by atoms with E-state index >= 15 is 0 Å². The van der Waals surface area contributed by atoms with Gasteiger partial charge in [-0.25, -0.2) is 9.97 Å². The van der Waals surface area contributed by atoms with E-state index in [9.17, 15) is 4.79 Å². The topological polar surface area (TPSA) is 69.9 Å². The number of amides is 1. The highest BCUT2D eigenvalue weighted by molar-refractivity contribution is 7.20. The van der Waals surface area contributed by atoms with Crippen molar-refractivity contribution in [3.8, 4) is 6.07 Å². The van der Waals surface area contributed by atoms with Crippen LogP contribution in [0.1, 0.15) is 51.2 Å². The minimum absolute atomic E-state index is 0.0266. The zero-order valence-electron chi connectivity index (χ0n) is 16.0. The van der Waals surface area contributed by atoms with Crippen molar-refractivity contribution in [2.24, 2.45) is 0 Å². The third-order valence-electron chi connectivity index (χ3n) is 4.51. The summed E-state index contributed by atoms with van der Waals surface area (Å²) in [7, 11) is 0. The molecule has 0 bridgehead atoms. The molecular weight excluding hydrogens is 356 g/mol. The molecule has 2 heterocycles. The molecule has 138 valence electrons. The van der Waals surface area contributed by atoms with E-state index in [1.807, 2.05) is 37.8 Å². The number of carbonyl (C=O) groups is 1. The third-order valence-corrected chi connectivity index (χ3v) is 5.69. The van der Waals surface area contributed by atoms with Gasteiger partial charge in [0.2, 0.25) is 0 Å². The van der Waals surface area contributed by atoms with Gasteiger partial charge in [0.05, 0.1) is 16.5 Å². The fourth-order valence-corrected chi connectivity index (χ4v) is 4.49. The Hall–Kier alpha value is -2.78. The van der Waals surface area contributed by atoms with Crippen LogP contribution in [0.4, 0.5) is 0 Å². The maximum atomic E-state index is 13.3. The van der Waals surface area contributed by atoms with E-state index in [1.165, 1.54) is 11.3 Å². The lowest BCUT2D eigenvalue weighted by Gasteiger charge is -2.22. The number of rotatable bonds is 5. The average Bonchev–Trinajstić information content (AvgIpc) is 2.98. The molecule has 0 saturated carbocycles. The second kappa shape index (κ2) is 7.85. The van der Waals surface area contributed by atoms with Crippen LogP contribution >= 0.6 is 11.3 Å². The first-order valence-corrected chi connectivity index (χ1v) is 9.78. The number of aryl methyl sites for hydroxylation is 3. The number of nitrogens with zero attached hydrogens (tertiary/aromatic N) is 4. The van der Waals surface area contributed by atoms with Gasteiger partial charge in [0, 0.05) is 24.2 Å². The van der Waals surface area contributed by atoms with Gasteiger partial charge in [-0.3, -0.25) is 4.79 Å². The van der Waals surface area contributed by atoms with Crippen molar-refractivity contribution in [2.75, 3.05) is 6.54 Å². The Morgan fingerprint density at radius 1 is 1.19 bits per heavy atom. The molecule has 2 aromatic heterocycles. The fraction of sp³-hybridized carbons (Fsp3) is 0.333. The SMILES string of the molecule is CCCN(Cc1ccc(C#N)cc1)C(=O)c1sc2nc(C)nc(C)c2c1C. The summed E-state index contributed by atoms with van der Waals surface area (Å²) in [6, 6.07) is 9.51. The van der Waals surface area contributed by atoms with E-state index in [1.54, 1.807) is 12.1 Å². The summed E-state index contributed by atoms with van der Waals surface area (Å²) in [6.45, 7) is 9.08. The number of aromatic nitrogens is 2. The molecule has 0 aliphatic heterocycles. The summed E-state index contributed by atoms with van der Waals surface area (Å²) in [6.07, 6.45) is 0.879. The molecule has 1 aromatic carbocycles. The first-order valence-electron chi connectivity index (χ1n) is 8.97. The lowest BCUT2D eigenvalue weighted by molar-refractivity contribution is 0.0747. The number of fused-ring (bicyclic) bond motifs is 1. The molecule has 0 aliphatic rings. The molecule has 1 amide bonds. The highest BCUT2D eigenvalue weighted by Gasteiger charge is 2.23. The summed E-state index contributed by atoms with van der Waals surface area (Å²) < 4.78 is 0. The maximum absolute atomic E-state index is 13.3. The van der Waals surface area contributed by atoms with Gasteiger partial charge in [-0.2, -0.15) is 5.26 Å². The zero-order chi connectivity index (χ0) is 19.6. The van der Waals surface area contributed by atoms with Crippen LogP contribution in [0.2, 0.25) is 0 Å². The molecule has 0 atom stereocenters. The Kier molecular flexibility index (Phi) is 5.52. The van der Waals surface area contributed by atoms with Crippen LogP contribution in [0.5, 0.6) is 0 Å². The molecule has 0 radical (unpaired) electrons. The van der Waals surface area contributed by atoms with Crippen molar-refractivity contribution in [1.29, 1.82) is 5.26 Å². The van der Waals surface area contributed by atoms with Gasteiger partial charge >= 0.3 is 0 Å². The average molecular weight is 379 g/mol. The summed E-state index contributed by atoms with van der Waals surface area (Å²) in [4.78, 5) is 25.7. The van der Waals surface area contributed by atoms with Gasteiger partial charge in [0.15, 0.2) is 0 Å². The fourth-order valence-electron chi connectivity index (χ4n) is 3.25. The van der Waals surface area contributed by atoms with E-state index in [-0.39, 0.29) is 5.91 Å². The zero-order valence-corrected chi connectivity index (χ0v) is 16.9. The van der Waals surface area contributed by atoms with Gasteiger partial charge in [-0.1, -0.05) is 19.1 Å². The van der Waals surface area contributed by atoms with E-state index in [4.69, 9.17) is 5.26 Å². The second-order valence-corrected chi connectivity index (χ2v) is 7.63. The highest BCUT2D eigenvalue weighted by atomic mass is 32.1. The summed E-state index contributed by atoms with van der Waals surface area (Å²) in [5.41, 5.74) is 3.51. The monoisotopic (exact) mass is 378 g/mol. The summed E-state index contributed by atoms with van der Waals surface area (Å²) >= 11 is 1.45. The van der Waals surface area contributed by atoms with Gasteiger partial charge in [0.25, 0.3) is 5.91 Å². The minimum Gasteiger partial charge on any atom is -0.334 e. The van der Waals surface area contributed by atoms with Crippen molar-refractivity contribution in [3.63, 3.8) is 0 Å². The van der Waals surface area contributed by atoms with Crippen LogP contribution in [0, 0.1) is 32.1 Å². The van der Waals surface area contributed by atoms with Crippen molar-refractivity contribution < 1.29 is 4.79 Å². The molecule has 0 saturated heterocycles. The Bertz CT molecular complexity index is 1030. The number of hydrogen-bond donors (Lipinski definition) is 0. The third kappa shape index (κ3) is 3.83. The van der Waals surface area contributed by atoms with Crippen molar-refractivity contribution in [3.05, 3.63) is 57.4 Å². The van der Waals surface area contributed by atoms with Crippen molar-refractivity contribution in [1.82, 2.24) is 14.9 Å². The largest absolute Gasteiger partial charge is 0.334 e. The summed E-state index contributed by atoms with van der Waals surface area (Å²) in [5, 5.41) is 9.94. The van der Waals surface area contributed by atoms with Crippen LogP contribution in [-0.4, -0.2) is 27.3 Å². The van der Waals surface area contributed by atoms with E-state index in [0.717, 1.165) is 44.2 Å². The minimum atomic E-state index is 0.0266. The van der Waals surface area contributed by atoms with Gasteiger partial charge < -0.3 is 4.90 Å². The lowest BCUT2D eigenvalue weighted by atomic mass is 10.1. The molecule has 0 unspecified atom stereocenters. The number of benzene rings is 1. The van der Waals surface area contributed by atoms with Crippen LogP contribution < -0.4 is 0 Å². The maximum Gasteiger partial charge on any atom is 0.264 e. The van der Waals surface area contributed by atoms with Crippen LogP contribution in [0.3, 0.4) is 0 Å². The molecule has 27 heavy (non-hydrogen) atoms. The van der Waals surface area contributed by atoms with E-state index in [0.29, 0.717) is 18.7 Å². The van der Waals surface area contributed by atoms with Gasteiger partial charge in [-0.15, -0.1) is 11.3 Å². The Balaban J connectivity index is 1.95. The molecule has 3 aromatic rings. The van der Waals surface area contributed by atoms with Crippen LogP contribution in [0.15, 0.2) is 24.3 Å². The Morgan fingerprint density at radius 3 is 2.52 bits per heavy atom. The van der Waals surface area contributed by atoms with E-state index in [2.05, 4.69) is 23.0 Å². The molecular formula is C21H22N4OS. The molecule has 3 rings (SSSR count). The Labute approximate surface area is 163 Å². The normalized spacial score (nSPS) is 10.8. The van der Waals surface area contributed by atoms with Gasteiger partial charge in [-0.05, 0) is 50.5 Å². The van der Waals surface area contributed by atoms with Gasteiger partial charge in [0.1, 0.15) is 10.7 Å². The van der Waals surface area contributed by atoms with Crippen LogP contribution in [0.25, 0.3) is 10.2 Å². The number of hydrogen-bond acceptors (Lipinski definition) is 5.